The van der Waals surface area contributed by atoms with E-state index in [0.717, 1.165) is 6.42 Å². The predicted molar refractivity (Wildman–Crippen MR) is 83.8 cm³/mol. The molecule has 1 fully saturated rings. The highest BCUT2D eigenvalue weighted by atomic mass is 16.7. The maximum Gasteiger partial charge on any atom is 0.347 e. The number of ether oxygens (including phenoxy) is 3. The van der Waals surface area contributed by atoms with E-state index in [0.29, 0.717) is 11.5 Å². The Bertz CT molecular complexity index is 477. The van der Waals surface area contributed by atoms with Crippen molar-refractivity contribution in [1.29, 1.82) is 0 Å². The van der Waals surface area contributed by atoms with Gasteiger partial charge in [0.1, 0.15) is 12.7 Å². The Morgan fingerprint density at radius 3 is 2.24 bits per heavy atom. The zero-order valence-electron chi connectivity index (χ0n) is 14.8. The van der Waals surface area contributed by atoms with Gasteiger partial charge in [-0.15, -0.1) is 5.06 Å². The molecule has 0 N–H and O–H groups in total. The topological polar surface area (TPSA) is 108 Å². The van der Waals surface area contributed by atoms with Crippen LogP contribution in [-0.2, 0) is 38.2 Å². The number of hydrogen-bond acceptors (Lipinski definition) is 8. The molecule has 9 heteroatoms. The number of hydrogen-bond donors (Lipinski definition) is 0. The minimum absolute atomic E-state index is 0.0112. The van der Waals surface area contributed by atoms with E-state index in [1.807, 2.05) is 6.92 Å². The third kappa shape index (κ3) is 6.43. The third-order valence-electron chi connectivity index (χ3n) is 3.70. The Kier molecular flexibility index (Phi) is 9.07. The van der Waals surface area contributed by atoms with Gasteiger partial charge in [-0.25, -0.2) is 4.79 Å². The number of nitrogens with zero attached hydrogens (tertiary/aromatic N) is 1. The maximum atomic E-state index is 12.3. The number of amides is 2. The molecule has 0 radical (unpaired) electrons. The van der Waals surface area contributed by atoms with Crippen LogP contribution in [0.15, 0.2) is 0 Å². The van der Waals surface area contributed by atoms with Crippen LogP contribution in [0.25, 0.3) is 0 Å². The number of rotatable bonds is 11. The highest BCUT2D eigenvalue weighted by molar-refractivity contribution is 6.03. The molecule has 0 spiro atoms. The molecule has 1 heterocycles. The fraction of sp³-hybridized carbons (Fsp3) is 0.750. The number of esters is 1. The Morgan fingerprint density at radius 2 is 1.72 bits per heavy atom. The van der Waals surface area contributed by atoms with Crippen LogP contribution in [0.2, 0.25) is 0 Å². The fourth-order valence-corrected chi connectivity index (χ4v) is 2.20. The van der Waals surface area contributed by atoms with Crippen LogP contribution in [-0.4, -0.2) is 62.4 Å². The lowest BCUT2D eigenvalue weighted by atomic mass is 10.0. The monoisotopic (exact) mass is 359 g/mol. The van der Waals surface area contributed by atoms with E-state index in [1.165, 1.54) is 14.2 Å². The van der Waals surface area contributed by atoms with E-state index < -0.39 is 35.8 Å². The minimum Gasteiger partial charge on any atom is -0.462 e. The van der Waals surface area contributed by atoms with Crippen molar-refractivity contribution in [3.05, 3.63) is 0 Å². The minimum atomic E-state index is -1.21. The SMILES string of the molecule is CCCCC(C(=O)OCC(COC)OC)C(=O)ON1C(=O)CCC1=O. The normalized spacial score (nSPS) is 16.7. The molecule has 0 aromatic rings. The van der Waals surface area contributed by atoms with Gasteiger partial charge in [-0.2, -0.15) is 0 Å². The molecule has 1 rings (SSSR count). The quantitative estimate of drug-likeness (QED) is 0.300. The van der Waals surface area contributed by atoms with Gasteiger partial charge in [0.05, 0.1) is 6.61 Å². The molecular weight excluding hydrogens is 334 g/mol. The second kappa shape index (κ2) is 10.8. The third-order valence-corrected chi connectivity index (χ3v) is 3.70. The maximum absolute atomic E-state index is 12.3. The molecule has 25 heavy (non-hydrogen) atoms. The van der Waals surface area contributed by atoms with Gasteiger partial charge in [0.2, 0.25) is 0 Å². The molecule has 0 aromatic carbocycles. The first-order valence-electron chi connectivity index (χ1n) is 8.20. The van der Waals surface area contributed by atoms with E-state index >= 15 is 0 Å². The van der Waals surface area contributed by atoms with E-state index in [2.05, 4.69) is 0 Å². The zero-order valence-corrected chi connectivity index (χ0v) is 14.8. The number of hydroxylamine groups is 2. The van der Waals surface area contributed by atoms with Crippen molar-refractivity contribution in [2.45, 2.75) is 45.1 Å². The van der Waals surface area contributed by atoms with Gasteiger partial charge in [-0.1, -0.05) is 19.8 Å². The van der Waals surface area contributed by atoms with Crippen molar-refractivity contribution in [3.63, 3.8) is 0 Å². The van der Waals surface area contributed by atoms with Crippen LogP contribution in [0.3, 0.4) is 0 Å². The predicted octanol–water partition coefficient (Wildman–Crippen LogP) is 0.605. The summed E-state index contributed by atoms with van der Waals surface area (Å²) in [6, 6.07) is 0. The molecule has 142 valence electrons. The van der Waals surface area contributed by atoms with Crippen molar-refractivity contribution in [3.8, 4) is 0 Å². The lowest BCUT2D eigenvalue weighted by Crippen LogP contribution is -2.38. The van der Waals surface area contributed by atoms with E-state index in [9.17, 15) is 19.2 Å². The summed E-state index contributed by atoms with van der Waals surface area (Å²) < 4.78 is 15.1. The van der Waals surface area contributed by atoms with Crippen molar-refractivity contribution in [2.75, 3.05) is 27.4 Å². The summed E-state index contributed by atoms with van der Waals surface area (Å²) in [5, 5.41) is 0.428. The standard InChI is InChI=1S/C16H25NO8/c1-4-5-6-12(15(20)24-10-11(23-3)9-22-2)16(21)25-17-13(18)7-8-14(17)19/h11-12H,4-10H2,1-3H3. The second-order valence-electron chi connectivity index (χ2n) is 5.63. The first kappa shape index (κ1) is 21.0. The summed E-state index contributed by atoms with van der Waals surface area (Å²) in [5.74, 6) is -4.15. The smallest absolute Gasteiger partial charge is 0.347 e. The molecule has 1 aliphatic rings. The van der Waals surface area contributed by atoms with E-state index in [1.54, 1.807) is 0 Å². The van der Waals surface area contributed by atoms with Gasteiger partial charge in [0.25, 0.3) is 11.8 Å². The lowest BCUT2D eigenvalue weighted by Gasteiger charge is -2.19. The highest BCUT2D eigenvalue weighted by Gasteiger charge is 2.37. The molecule has 0 aromatic heterocycles. The molecule has 1 aliphatic heterocycles. The molecule has 0 saturated carbocycles. The zero-order chi connectivity index (χ0) is 18.8. The molecule has 0 bridgehead atoms. The van der Waals surface area contributed by atoms with Gasteiger partial charge < -0.3 is 19.0 Å². The molecule has 0 aliphatic carbocycles. The summed E-state index contributed by atoms with van der Waals surface area (Å²) in [5.41, 5.74) is 0. The number of carbonyl (C=O) groups is 4. The summed E-state index contributed by atoms with van der Waals surface area (Å²) in [6.45, 7) is 2.05. The Morgan fingerprint density at radius 1 is 1.08 bits per heavy atom. The Hall–Kier alpha value is -2.00. The van der Waals surface area contributed by atoms with Gasteiger partial charge in [0.15, 0.2) is 5.92 Å². The molecule has 2 unspecified atom stereocenters. The van der Waals surface area contributed by atoms with Crippen molar-refractivity contribution >= 4 is 23.8 Å². The van der Waals surface area contributed by atoms with Crippen LogP contribution in [0, 0.1) is 5.92 Å². The molecule has 2 amide bonds. The largest absolute Gasteiger partial charge is 0.462 e. The van der Waals surface area contributed by atoms with Crippen molar-refractivity contribution in [2.24, 2.45) is 5.92 Å². The summed E-state index contributed by atoms with van der Waals surface area (Å²) in [4.78, 5) is 52.4. The average Bonchev–Trinajstić information content (AvgIpc) is 2.90. The van der Waals surface area contributed by atoms with E-state index in [-0.39, 0.29) is 32.5 Å². The highest BCUT2D eigenvalue weighted by Crippen LogP contribution is 2.18. The Labute approximate surface area is 146 Å². The number of unbranched alkanes of at least 4 members (excludes halogenated alkanes) is 1. The first-order valence-corrected chi connectivity index (χ1v) is 8.20. The van der Waals surface area contributed by atoms with Crippen molar-refractivity contribution in [1.82, 2.24) is 5.06 Å². The Balaban J connectivity index is 2.67. The number of methoxy groups -OCH3 is 2. The second-order valence-corrected chi connectivity index (χ2v) is 5.63. The van der Waals surface area contributed by atoms with Gasteiger partial charge in [-0.05, 0) is 6.42 Å². The van der Waals surface area contributed by atoms with Crippen LogP contribution in [0.4, 0.5) is 0 Å². The van der Waals surface area contributed by atoms with Crippen LogP contribution in [0.1, 0.15) is 39.0 Å². The molecular formula is C16H25NO8. The summed E-state index contributed by atoms with van der Waals surface area (Å²) in [7, 11) is 2.93. The van der Waals surface area contributed by atoms with Crippen LogP contribution >= 0.6 is 0 Å². The average molecular weight is 359 g/mol. The van der Waals surface area contributed by atoms with Crippen molar-refractivity contribution < 1.29 is 38.2 Å². The number of carbonyl (C=O) groups excluding carboxylic acids is 4. The summed E-state index contributed by atoms with van der Waals surface area (Å²) >= 11 is 0. The summed E-state index contributed by atoms with van der Waals surface area (Å²) in [6.07, 6.45) is 1.06. The van der Waals surface area contributed by atoms with Gasteiger partial charge in [-0.3, -0.25) is 14.4 Å². The molecule has 2 atom stereocenters. The van der Waals surface area contributed by atoms with Crippen LogP contribution in [0.5, 0.6) is 0 Å². The van der Waals surface area contributed by atoms with Crippen LogP contribution < -0.4 is 0 Å². The first-order chi connectivity index (χ1) is 11.9. The van der Waals surface area contributed by atoms with Gasteiger partial charge in [0, 0.05) is 27.1 Å². The number of imide groups is 1. The fourth-order valence-electron chi connectivity index (χ4n) is 2.20. The van der Waals surface area contributed by atoms with E-state index in [4.69, 9.17) is 19.0 Å². The molecule has 9 nitrogen and oxygen atoms in total. The molecule has 1 saturated heterocycles. The van der Waals surface area contributed by atoms with Gasteiger partial charge >= 0.3 is 11.9 Å². The lowest BCUT2D eigenvalue weighted by molar-refractivity contribution is -0.203.